The quantitative estimate of drug-likeness (QED) is 0.811. The highest BCUT2D eigenvalue weighted by Crippen LogP contribution is 2.31. The smallest absolute Gasteiger partial charge is 0.216 e. The summed E-state index contributed by atoms with van der Waals surface area (Å²) in [5, 5.41) is 12.6. The van der Waals surface area contributed by atoms with Crippen LogP contribution >= 0.6 is 0 Å². The summed E-state index contributed by atoms with van der Waals surface area (Å²) in [5.41, 5.74) is 2.70. The van der Waals surface area contributed by atoms with Crippen LogP contribution in [0.25, 0.3) is 11.1 Å². The third-order valence-corrected chi connectivity index (χ3v) is 4.89. The van der Waals surface area contributed by atoms with E-state index >= 15 is 0 Å². The highest BCUT2D eigenvalue weighted by Gasteiger charge is 2.22. The molecule has 1 aliphatic rings. The lowest BCUT2D eigenvalue weighted by Crippen LogP contribution is -2.28. The number of ether oxygens (including phenoxy) is 1. The minimum absolute atomic E-state index is 0.000612. The van der Waals surface area contributed by atoms with E-state index in [4.69, 9.17) is 4.74 Å². The van der Waals surface area contributed by atoms with E-state index in [2.05, 4.69) is 5.32 Å². The summed E-state index contributed by atoms with van der Waals surface area (Å²) in [6.07, 6.45) is 3.69. The van der Waals surface area contributed by atoms with Crippen molar-refractivity contribution in [2.45, 2.75) is 51.2 Å². The molecule has 0 bridgehead atoms. The predicted molar refractivity (Wildman–Crippen MR) is 103 cm³/mol. The number of halogens is 1. The largest absolute Gasteiger partial charge is 0.490 e. The number of carbonyl (C=O) groups excluding carboxylic acids is 1. The van der Waals surface area contributed by atoms with Crippen molar-refractivity contribution in [2.75, 3.05) is 6.54 Å². The molecule has 2 atom stereocenters. The van der Waals surface area contributed by atoms with Crippen molar-refractivity contribution in [2.24, 2.45) is 0 Å². The van der Waals surface area contributed by atoms with E-state index < -0.39 is 0 Å². The second-order valence-corrected chi connectivity index (χ2v) is 7.12. The number of aliphatic hydroxyl groups is 1. The highest BCUT2D eigenvalue weighted by atomic mass is 19.1. The Bertz CT molecular complexity index is 793. The molecule has 0 saturated heterocycles. The van der Waals surface area contributed by atoms with Crippen LogP contribution in [0, 0.1) is 5.82 Å². The van der Waals surface area contributed by atoms with Gasteiger partial charge in [0.15, 0.2) is 0 Å². The maximum atomic E-state index is 13.7. The van der Waals surface area contributed by atoms with Gasteiger partial charge in [-0.1, -0.05) is 18.2 Å². The van der Waals surface area contributed by atoms with E-state index in [1.165, 1.54) is 19.1 Å². The van der Waals surface area contributed by atoms with Crippen LogP contribution in [0.4, 0.5) is 4.39 Å². The molecule has 1 aliphatic carbocycles. The lowest BCUT2D eigenvalue weighted by molar-refractivity contribution is -0.118. The summed E-state index contributed by atoms with van der Waals surface area (Å²) in [5.74, 6) is 0.358. The van der Waals surface area contributed by atoms with Crippen LogP contribution in [0.2, 0.25) is 0 Å². The molecule has 2 aromatic rings. The molecule has 0 radical (unpaired) electrons. The molecule has 0 aromatic heterocycles. The molecule has 0 aliphatic heterocycles. The van der Waals surface area contributed by atoms with Gasteiger partial charge in [-0.05, 0) is 66.6 Å². The Kier molecular flexibility index (Phi) is 6.45. The van der Waals surface area contributed by atoms with Crippen LogP contribution in [0.3, 0.4) is 0 Å². The van der Waals surface area contributed by atoms with Gasteiger partial charge in [-0.15, -0.1) is 0 Å². The van der Waals surface area contributed by atoms with E-state index in [1.54, 1.807) is 6.07 Å². The monoisotopic (exact) mass is 371 g/mol. The fourth-order valence-electron chi connectivity index (χ4n) is 3.56. The van der Waals surface area contributed by atoms with Crippen molar-refractivity contribution >= 4 is 5.91 Å². The molecule has 2 aromatic carbocycles. The molecule has 27 heavy (non-hydrogen) atoms. The number of nitrogens with one attached hydrogen (secondary N) is 1. The fourth-order valence-corrected chi connectivity index (χ4v) is 3.56. The van der Waals surface area contributed by atoms with Crippen molar-refractivity contribution < 1.29 is 19.0 Å². The van der Waals surface area contributed by atoms with Gasteiger partial charge in [-0.2, -0.15) is 0 Å². The summed E-state index contributed by atoms with van der Waals surface area (Å²) in [6, 6.07) is 12.3. The van der Waals surface area contributed by atoms with Gasteiger partial charge in [0.05, 0.1) is 6.10 Å². The Labute approximate surface area is 159 Å². The number of benzene rings is 2. The average Bonchev–Trinajstić information content (AvgIpc) is 2.62. The first kappa shape index (κ1) is 19.4. The van der Waals surface area contributed by atoms with E-state index in [1.807, 2.05) is 24.3 Å². The molecule has 1 fully saturated rings. The zero-order chi connectivity index (χ0) is 19.2. The second-order valence-electron chi connectivity index (χ2n) is 7.12. The highest BCUT2D eigenvalue weighted by molar-refractivity contribution is 5.73. The van der Waals surface area contributed by atoms with Gasteiger partial charge < -0.3 is 15.2 Å². The van der Waals surface area contributed by atoms with E-state index in [-0.39, 0.29) is 23.9 Å². The summed E-state index contributed by atoms with van der Waals surface area (Å²) >= 11 is 0. The molecule has 4 nitrogen and oxygen atoms in total. The molecule has 0 spiro atoms. The number of aliphatic hydroxyl groups excluding tert-OH is 1. The van der Waals surface area contributed by atoms with Crippen LogP contribution in [0.5, 0.6) is 5.75 Å². The third-order valence-electron chi connectivity index (χ3n) is 4.89. The van der Waals surface area contributed by atoms with Crippen molar-refractivity contribution in [3.63, 3.8) is 0 Å². The van der Waals surface area contributed by atoms with Crippen LogP contribution in [-0.2, 0) is 11.2 Å². The molecule has 1 amide bonds. The van der Waals surface area contributed by atoms with Crippen molar-refractivity contribution in [3.8, 4) is 16.9 Å². The zero-order valence-electron chi connectivity index (χ0n) is 15.6. The Hall–Kier alpha value is -2.40. The molecular weight excluding hydrogens is 345 g/mol. The normalized spacial score (nSPS) is 19.5. The third kappa shape index (κ3) is 5.54. The van der Waals surface area contributed by atoms with Gasteiger partial charge in [0.2, 0.25) is 5.91 Å². The summed E-state index contributed by atoms with van der Waals surface area (Å²) in [7, 11) is 0. The Morgan fingerprint density at radius 3 is 2.85 bits per heavy atom. The Morgan fingerprint density at radius 2 is 2.11 bits per heavy atom. The van der Waals surface area contributed by atoms with Crippen LogP contribution in [-0.4, -0.2) is 29.8 Å². The number of hydrogen-bond donors (Lipinski definition) is 2. The van der Waals surface area contributed by atoms with Crippen LogP contribution in [0.15, 0.2) is 42.5 Å². The standard InChI is InChI=1S/C22H26FNO3/c1-15(25)24-11-10-16-8-9-21(27-20-7-3-6-19(26)13-20)14-22(16)17-4-2-5-18(23)12-17/h2,4-5,8-9,12,14,19-20,26H,3,6-7,10-11,13H2,1H3,(H,24,25). The first-order valence-corrected chi connectivity index (χ1v) is 9.49. The Balaban J connectivity index is 1.84. The second kappa shape index (κ2) is 9.00. The van der Waals surface area contributed by atoms with Gasteiger partial charge >= 0.3 is 0 Å². The number of hydrogen-bond acceptors (Lipinski definition) is 3. The minimum Gasteiger partial charge on any atom is -0.490 e. The number of rotatable bonds is 6. The lowest BCUT2D eigenvalue weighted by Gasteiger charge is -2.27. The van der Waals surface area contributed by atoms with E-state index in [0.717, 1.165) is 41.7 Å². The predicted octanol–water partition coefficient (Wildman–Crippen LogP) is 3.85. The maximum Gasteiger partial charge on any atom is 0.216 e. The first-order chi connectivity index (χ1) is 13.0. The fraction of sp³-hybridized carbons (Fsp3) is 0.409. The number of amides is 1. The molecule has 1 saturated carbocycles. The minimum atomic E-state index is -0.302. The lowest BCUT2D eigenvalue weighted by atomic mass is 9.94. The van der Waals surface area contributed by atoms with Crippen LogP contribution < -0.4 is 10.1 Å². The summed E-state index contributed by atoms with van der Waals surface area (Å²) in [6.45, 7) is 2.01. The van der Waals surface area contributed by atoms with Crippen LogP contribution in [0.1, 0.15) is 38.2 Å². The average molecular weight is 371 g/mol. The summed E-state index contributed by atoms with van der Waals surface area (Å²) in [4.78, 5) is 11.1. The number of carbonyl (C=O) groups is 1. The van der Waals surface area contributed by atoms with Crippen molar-refractivity contribution in [1.29, 1.82) is 0 Å². The SMILES string of the molecule is CC(=O)NCCc1ccc(OC2CCCC(O)C2)cc1-c1cccc(F)c1. The summed E-state index contributed by atoms with van der Waals surface area (Å²) < 4.78 is 19.8. The molecule has 3 rings (SSSR count). The molecular formula is C22H26FNO3. The Morgan fingerprint density at radius 1 is 1.26 bits per heavy atom. The van der Waals surface area contributed by atoms with Gasteiger partial charge in [-0.25, -0.2) is 4.39 Å². The van der Waals surface area contributed by atoms with E-state index in [9.17, 15) is 14.3 Å². The molecule has 0 heterocycles. The van der Waals surface area contributed by atoms with Gasteiger partial charge in [0, 0.05) is 19.9 Å². The topological polar surface area (TPSA) is 58.6 Å². The molecule has 2 unspecified atom stereocenters. The van der Waals surface area contributed by atoms with E-state index in [0.29, 0.717) is 19.4 Å². The first-order valence-electron chi connectivity index (χ1n) is 9.49. The molecule has 2 N–H and O–H groups in total. The molecule has 144 valence electrons. The van der Waals surface area contributed by atoms with Gasteiger partial charge in [-0.3, -0.25) is 4.79 Å². The zero-order valence-corrected chi connectivity index (χ0v) is 15.6. The maximum absolute atomic E-state index is 13.7. The van der Waals surface area contributed by atoms with Crippen molar-refractivity contribution in [3.05, 3.63) is 53.8 Å². The van der Waals surface area contributed by atoms with Gasteiger partial charge in [0.25, 0.3) is 0 Å². The molecule has 5 heteroatoms. The van der Waals surface area contributed by atoms with Crippen molar-refractivity contribution in [1.82, 2.24) is 5.32 Å². The van der Waals surface area contributed by atoms with Gasteiger partial charge in [0.1, 0.15) is 17.7 Å².